The molecule has 0 aliphatic heterocycles. The Balaban J connectivity index is 0.000000320. The van der Waals surface area contributed by atoms with Gasteiger partial charge in [-0.15, -0.1) is 10.2 Å². The number of nitrogens with zero attached hydrogens (tertiary/aromatic N) is 2. The van der Waals surface area contributed by atoms with Crippen LogP contribution in [0.15, 0.2) is 97.7 Å². The van der Waals surface area contributed by atoms with Gasteiger partial charge in [-0.25, -0.2) is 0 Å². The summed E-state index contributed by atoms with van der Waals surface area (Å²) >= 11 is 0. The number of nitrogens with two attached hydrogens (primary N) is 3. The number of rotatable bonds is 5. The summed E-state index contributed by atoms with van der Waals surface area (Å²) in [5.41, 5.74) is 17.3. The molecule has 9 N–H and O–H groups in total. The lowest BCUT2D eigenvalue weighted by atomic mass is 10.1. The SMILES string of the molecule is Nc1ccc(N=Nc2ccc(N)c3cccc(S(=O)(=O)O)c23)c(S(=O)(=O)O)c1.Nc1ccc(S(=O)(=O)O)cc1. The predicted molar refractivity (Wildman–Crippen MR) is 144 cm³/mol. The van der Waals surface area contributed by atoms with Crippen LogP contribution in [-0.2, 0) is 30.4 Å². The molecule has 0 radical (unpaired) electrons. The lowest BCUT2D eigenvalue weighted by Gasteiger charge is -2.09. The zero-order valence-corrected chi connectivity index (χ0v) is 22.0. The van der Waals surface area contributed by atoms with Gasteiger partial charge in [0, 0.05) is 27.8 Å². The molecule has 0 aromatic heterocycles. The van der Waals surface area contributed by atoms with E-state index in [1.54, 1.807) is 0 Å². The fourth-order valence-corrected chi connectivity index (χ4v) is 5.10. The van der Waals surface area contributed by atoms with Gasteiger partial charge in [0.2, 0.25) is 0 Å². The molecule has 0 saturated heterocycles. The Morgan fingerprint density at radius 1 is 0.564 bits per heavy atom. The second-order valence-electron chi connectivity index (χ2n) is 7.77. The van der Waals surface area contributed by atoms with Crippen molar-refractivity contribution in [2.75, 3.05) is 17.2 Å². The average Bonchev–Trinajstić information content (AvgIpc) is 2.83. The van der Waals surface area contributed by atoms with Crippen LogP contribution in [0.5, 0.6) is 0 Å². The van der Waals surface area contributed by atoms with Gasteiger partial charge in [-0.2, -0.15) is 25.3 Å². The molecule has 4 aromatic rings. The van der Waals surface area contributed by atoms with Crippen molar-refractivity contribution in [2.24, 2.45) is 10.2 Å². The molecule has 0 aliphatic carbocycles. The van der Waals surface area contributed by atoms with E-state index in [9.17, 15) is 34.4 Å². The van der Waals surface area contributed by atoms with E-state index in [1.165, 1.54) is 66.7 Å². The molecular formula is C22H21N5O9S3. The minimum atomic E-state index is -4.63. The van der Waals surface area contributed by atoms with E-state index in [1.807, 2.05) is 0 Å². The van der Waals surface area contributed by atoms with Crippen LogP contribution in [0.3, 0.4) is 0 Å². The number of hydrogen-bond donors (Lipinski definition) is 6. The Morgan fingerprint density at radius 3 is 1.67 bits per heavy atom. The van der Waals surface area contributed by atoms with Gasteiger partial charge < -0.3 is 17.2 Å². The fourth-order valence-electron chi connectivity index (χ4n) is 3.24. The van der Waals surface area contributed by atoms with Gasteiger partial charge >= 0.3 is 0 Å². The molecule has 39 heavy (non-hydrogen) atoms. The van der Waals surface area contributed by atoms with Gasteiger partial charge in [0.15, 0.2) is 0 Å². The van der Waals surface area contributed by atoms with Crippen molar-refractivity contribution < 1.29 is 38.9 Å². The summed E-state index contributed by atoms with van der Waals surface area (Å²) in [4.78, 5) is -1.14. The number of hydrogen-bond acceptors (Lipinski definition) is 11. The van der Waals surface area contributed by atoms with Crippen molar-refractivity contribution in [2.45, 2.75) is 14.7 Å². The van der Waals surface area contributed by atoms with Crippen LogP contribution in [0, 0.1) is 0 Å². The Hall–Kier alpha value is -4.13. The highest BCUT2D eigenvalue weighted by Crippen LogP contribution is 2.37. The first-order chi connectivity index (χ1) is 18.0. The molecule has 0 saturated carbocycles. The summed E-state index contributed by atoms with van der Waals surface area (Å²) in [6.07, 6.45) is 0. The molecule has 0 aliphatic rings. The number of anilines is 3. The summed E-state index contributed by atoms with van der Waals surface area (Å²) < 4.78 is 94.8. The molecule has 0 heterocycles. The smallest absolute Gasteiger partial charge is 0.296 e. The lowest BCUT2D eigenvalue weighted by molar-refractivity contribution is 0.481. The van der Waals surface area contributed by atoms with Crippen molar-refractivity contribution in [1.82, 2.24) is 0 Å². The maximum Gasteiger partial charge on any atom is 0.296 e. The molecule has 14 nitrogen and oxygen atoms in total. The molecule has 0 unspecified atom stereocenters. The quantitative estimate of drug-likeness (QED) is 0.110. The van der Waals surface area contributed by atoms with Crippen molar-refractivity contribution >= 4 is 69.6 Å². The average molecular weight is 596 g/mol. The maximum absolute atomic E-state index is 11.7. The third-order valence-electron chi connectivity index (χ3n) is 5.00. The topological polar surface area (TPSA) is 266 Å². The van der Waals surface area contributed by atoms with Crippen molar-refractivity contribution in [1.29, 1.82) is 0 Å². The molecule has 17 heteroatoms. The van der Waals surface area contributed by atoms with Crippen LogP contribution >= 0.6 is 0 Å². The van der Waals surface area contributed by atoms with Crippen LogP contribution in [0.4, 0.5) is 28.4 Å². The van der Waals surface area contributed by atoms with Gasteiger partial charge in [-0.05, 0) is 60.7 Å². The standard InChI is InChI=1S/C16H14N4O6S2.C6H7NO3S/c17-9-4-6-12(15(8-9)28(24,25)26)19-20-13-7-5-11(18)10-2-1-3-14(16(10)13)27(21,22)23;7-5-1-3-6(4-2-5)11(8,9)10/h1-8H,17-18H2,(H,21,22,23)(H,24,25,26);1-4H,7H2,(H,8,9,10). The highest BCUT2D eigenvalue weighted by Gasteiger charge is 2.19. The molecule has 0 fully saturated rings. The van der Waals surface area contributed by atoms with Gasteiger partial charge in [0.25, 0.3) is 30.4 Å². The summed E-state index contributed by atoms with van der Waals surface area (Å²) in [5.74, 6) is 0. The fraction of sp³-hybridized carbons (Fsp3) is 0. The molecule has 0 spiro atoms. The first-order valence-corrected chi connectivity index (χ1v) is 14.7. The Morgan fingerprint density at radius 2 is 1.10 bits per heavy atom. The van der Waals surface area contributed by atoms with Gasteiger partial charge in [-0.3, -0.25) is 13.7 Å². The largest absolute Gasteiger partial charge is 0.399 e. The number of nitrogen functional groups attached to an aromatic ring is 3. The van der Waals surface area contributed by atoms with E-state index in [-0.39, 0.29) is 33.0 Å². The Bertz CT molecular complexity index is 1910. The third-order valence-corrected chi connectivity index (χ3v) is 7.64. The van der Waals surface area contributed by atoms with Gasteiger partial charge in [0.1, 0.15) is 15.5 Å². The normalized spacial score (nSPS) is 12.3. The van der Waals surface area contributed by atoms with E-state index >= 15 is 0 Å². The van der Waals surface area contributed by atoms with Crippen LogP contribution < -0.4 is 17.2 Å². The first kappa shape index (κ1) is 29.4. The Labute approximate surface area is 223 Å². The molecule has 0 bridgehead atoms. The molecule has 206 valence electrons. The van der Waals surface area contributed by atoms with Crippen LogP contribution in [0.2, 0.25) is 0 Å². The van der Waals surface area contributed by atoms with Gasteiger partial charge in [-0.1, -0.05) is 12.1 Å². The summed E-state index contributed by atoms with van der Waals surface area (Å²) in [6.45, 7) is 0. The second-order valence-corrected chi connectivity index (χ2v) is 12.0. The number of benzene rings is 4. The van der Waals surface area contributed by atoms with Crippen LogP contribution in [0.25, 0.3) is 10.8 Å². The van der Waals surface area contributed by atoms with Crippen LogP contribution in [-0.4, -0.2) is 38.9 Å². The van der Waals surface area contributed by atoms with Crippen LogP contribution in [0.1, 0.15) is 0 Å². The third kappa shape index (κ3) is 7.25. The first-order valence-electron chi connectivity index (χ1n) is 10.4. The molecule has 0 amide bonds. The van der Waals surface area contributed by atoms with E-state index in [0.717, 1.165) is 6.07 Å². The molecule has 4 rings (SSSR count). The number of azo groups is 1. The Kier molecular flexibility index (Phi) is 8.24. The monoisotopic (exact) mass is 595 g/mol. The minimum absolute atomic E-state index is 0.00976. The second kappa shape index (κ2) is 10.9. The van der Waals surface area contributed by atoms with Crippen molar-refractivity contribution in [3.63, 3.8) is 0 Å². The summed E-state index contributed by atoms with van der Waals surface area (Å²) in [7, 11) is -13.3. The maximum atomic E-state index is 11.7. The molecular weight excluding hydrogens is 574 g/mol. The zero-order chi connectivity index (χ0) is 29.2. The zero-order valence-electron chi connectivity index (χ0n) is 19.6. The highest BCUT2D eigenvalue weighted by molar-refractivity contribution is 7.86. The number of fused-ring (bicyclic) bond motifs is 1. The van der Waals surface area contributed by atoms with Gasteiger partial charge in [0.05, 0.1) is 10.6 Å². The van der Waals surface area contributed by atoms with E-state index in [4.69, 9.17) is 21.8 Å². The predicted octanol–water partition coefficient (Wildman–Crippen LogP) is 3.43. The lowest BCUT2D eigenvalue weighted by Crippen LogP contribution is -2.00. The van der Waals surface area contributed by atoms with Crippen molar-refractivity contribution in [3.05, 3.63) is 72.8 Å². The van der Waals surface area contributed by atoms with E-state index < -0.39 is 40.1 Å². The van der Waals surface area contributed by atoms with Crippen molar-refractivity contribution in [3.8, 4) is 0 Å². The summed E-state index contributed by atoms with van der Waals surface area (Å²) in [6, 6.07) is 15.8. The summed E-state index contributed by atoms with van der Waals surface area (Å²) in [5, 5.41) is 8.02. The molecule has 4 aromatic carbocycles. The van der Waals surface area contributed by atoms with E-state index in [0.29, 0.717) is 11.1 Å². The van der Waals surface area contributed by atoms with E-state index in [2.05, 4.69) is 10.2 Å². The minimum Gasteiger partial charge on any atom is -0.399 e. The molecule has 0 atom stereocenters. The highest BCUT2D eigenvalue weighted by atomic mass is 32.2.